The van der Waals surface area contributed by atoms with Gasteiger partial charge in [-0.05, 0) is 49.2 Å². The number of carbonyl (C=O) groups excluding carboxylic acids is 1. The predicted molar refractivity (Wildman–Crippen MR) is 90.2 cm³/mol. The van der Waals surface area contributed by atoms with E-state index in [1.54, 1.807) is 24.3 Å². The van der Waals surface area contributed by atoms with Crippen molar-refractivity contribution in [2.45, 2.75) is 32.5 Å². The van der Waals surface area contributed by atoms with Crippen molar-refractivity contribution in [1.82, 2.24) is 5.32 Å². The average molecular weight is 349 g/mol. The summed E-state index contributed by atoms with van der Waals surface area (Å²) in [4.78, 5) is 11.9. The molecule has 2 rings (SSSR count). The van der Waals surface area contributed by atoms with Crippen molar-refractivity contribution in [1.29, 1.82) is 0 Å². The summed E-state index contributed by atoms with van der Waals surface area (Å²) in [5.74, 6) is -1.63. The Morgan fingerprint density at radius 1 is 1.12 bits per heavy atom. The number of hydrogen-bond donors (Lipinski definition) is 2. The number of aliphatic hydroxyl groups excluding tert-OH is 1. The lowest BCUT2D eigenvalue weighted by atomic mass is 10.1. The van der Waals surface area contributed by atoms with Crippen molar-refractivity contribution in [2.24, 2.45) is 0 Å². The van der Waals surface area contributed by atoms with Gasteiger partial charge >= 0.3 is 0 Å². The van der Waals surface area contributed by atoms with Gasteiger partial charge in [0.25, 0.3) is 0 Å². The molecule has 2 N–H and O–H groups in total. The molecule has 0 radical (unpaired) electrons. The number of ether oxygens (including phenoxy) is 1. The van der Waals surface area contributed by atoms with Gasteiger partial charge in [0.1, 0.15) is 5.75 Å². The molecule has 0 bridgehead atoms. The van der Waals surface area contributed by atoms with Crippen LogP contribution in [0.2, 0.25) is 0 Å². The van der Waals surface area contributed by atoms with Gasteiger partial charge in [-0.2, -0.15) is 0 Å². The largest absolute Gasteiger partial charge is 0.491 e. The maximum absolute atomic E-state index is 13.1. The molecule has 0 heterocycles. The lowest BCUT2D eigenvalue weighted by Crippen LogP contribution is -2.29. The summed E-state index contributed by atoms with van der Waals surface area (Å²) in [5, 5.41) is 12.7. The molecule has 0 aromatic heterocycles. The number of rotatable bonds is 7. The van der Waals surface area contributed by atoms with Gasteiger partial charge in [-0.15, -0.1) is 0 Å². The van der Waals surface area contributed by atoms with Gasteiger partial charge in [-0.25, -0.2) is 8.78 Å². The highest BCUT2D eigenvalue weighted by molar-refractivity contribution is 5.78. The van der Waals surface area contributed by atoms with E-state index >= 15 is 0 Å². The van der Waals surface area contributed by atoms with Crippen LogP contribution in [-0.4, -0.2) is 23.7 Å². The number of nitrogens with one attached hydrogen (secondary N) is 1. The van der Waals surface area contributed by atoms with E-state index in [2.05, 4.69) is 5.32 Å². The summed E-state index contributed by atoms with van der Waals surface area (Å²) >= 11 is 0. The summed E-state index contributed by atoms with van der Waals surface area (Å²) in [6.45, 7) is 3.86. The smallest absolute Gasteiger partial charge is 0.224 e. The van der Waals surface area contributed by atoms with Gasteiger partial charge in [0, 0.05) is 6.54 Å². The van der Waals surface area contributed by atoms with Crippen LogP contribution in [-0.2, 0) is 11.2 Å². The SMILES string of the molecule is CC(C)Oc1ccc(C(O)CNC(=O)Cc2ccc(F)c(F)c2)cc1. The van der Waals surface area contributed by atoms with Gasteiger partial charge in [0.15, 0.2) is 11.6 Å². The molecule has 0 aliphatic rings. The molecule has 134 valence electrons. The first-order valence-electron chi connectivity index (χ1n) is 8.00. The van der Waals surface area contributed by atoms with E-state index in [0.717, 1.165) is 12.1 Å². The van der Waals surface area contributed by atoms with Crippen molar-refractivity contribution in [3.05, 3.63) is 65.2 Å². The van der Waals surface area contributed by atoms with Crippen LogP contribution in [0.1, 0.15) is 31.1 Å². The van der Waals surface area contributed by atoms with Gasteiger partial charge in [0.05, 0.1) is 18.6 Å². The molecule has 0 saturated heterocycles. The zero-order chi connectivity index (χ0) is 18.4. The van der Waals surface area contributed by atoms with Gasteiger partial charge < -0.3 is 15.2 Å². The second-order valence-electron chi connectivity index (χ2n) is 5.98. The van der Waals surface area contributed by atoms with E-state index in [-0.39, 0.29) is 25.0 Å². The van der Waals surface area contributed by atoms with Crippen LogP contribution in [0.5, 0.6) is 5.75 Å². The van der Waals surface area contributed by atoms with Crippen molar-refractivity contribution in [3.63, 3.8) is 0 Å². The molecule has 0 aliphatic carbocycles. The molecule has 1 amide bonds. The highest BCUT2D eigenvalue weighted by Gasteiger charge is 2.11. The average Bonchev–Trinajstić information content (AvgIpc) is 2.56. The van der Waals surface area contributed by atoms with Crippen molar-refractivity contribution in [2.75, 3.05) is 6.54 Å². The van der Waals surface area contributed by atoms with Crippen LogP contribution in [0.4, 0.5) is 8.78 Å². The summed E-state index contributed by atoms with van der Waals surface area (Å²) in [6, 6.07) is 10.3. The number of amides is 1. The summed E-state index contributed by atoms with van der Waals surface area (Å²) in [5.41, 5.74) is 1.00. The fraction of sp³-hybridized carbons (Fsp3) is 0.316. The summed E-state index contributed by atoms with van der Waals surface area (Å²) in [6.07, 6.45) is -0.904. The van der Waals surface area contributed by atoms with Crippen molar-refractivity contribution in [3.8, 4) is 5.75 Å². The minimum atomic E-state index is -0.992. The van der Waals surface area contributed by atoms with E-state index < -0.39 is 17.7 Å². The zero-order valence-electron chi connectivity index (χ0n) is 14.1. The summed E-state index contributed by atoms with van der Waals surface area (Å²) in [7, 11) is 0. The van der Waals surface area contributed by atoms with Gasteiger partial charge in [-0.3, -0.25) is 4.79 Å². The number of carbonyl (C=O) groups is 1. The number of aliphatic hydroxyl groups is 1. The third kappa shape index (κ3) is 5.83. The first kappa shape index (κ1) is 18.9. The fourth-order valence-corrected chi connectivity index (χ4v) is 2.27. The molecule has 0 saturated carbocycles. The van der Waals surface area contributed by atoms with Gasteiger partial charge in [-0.1, -0.05) is 18.2 Å². The molecule has 2 aromatic carbocycles. The maximum atomic E-state index is 13.1. The Balaban J connectivity index is 1.85. The van der Waals surface area contributed by atoms with E-state index in [4.69, 9.17) is 4.74 Å². The molecule has 4 nitrogen and oxygen atoms in total. The maximum Gasteiger partial charge on any atom is 0.224 e. The fourth-order valence-electron chi connectivity index (χ4n) is 2.27. The summed E-state index contributed by atoms with van der Waals surface area (Å²) < 4.78 is 31.5. The van der Waals surface area contributed by atoms with E-state index in [1.165, 1.54) is 6.07 Å². The molecule has 1 atom stereocenters. The second-order valence-corrected chi connectivity index (χ2v) is 5.98. The van der Waals surface area contributed by atoms with Crippen molar-refractivity contribution < 1.29 is 23.4 Å². The van der Waals surface area contributed by atoms with Gasteiger partial charge in [0.2, 0.25) is 5.91 Å². The first-order chi connectivity index (χ1) is 11.8. The first-order valence-corrected chi connectivity index (χ1v) is 8.00. The quantitative estimate of drug-likeness (QED) is 0.807. The molecule has 0 aliphatic heterocycles. The van der Waals surface area contributed by atoms with E-state index in [1.807, 2.05) is 13.8 Å². The number of halogens is 2. The van der Waals surface area contributed by atoms with Crippen LogP contribution in [0.3, 0.4) is 0 Å². The molecule has 25 heavy (non-hydrogen) atoms. The van der Waals surface area contributed by atoms with Crippen LogP contribution in [0, 0.1) is 11.6 Å². The normalized spacial score (nSPS) is 12.1. The minimum absolute atomic E-state index is 0.0207. The molecule has 2 aromatic rings. The Bertz CT molecular complexity index is 717. The molecule has 0 fully saturated rings. The number of benzene rings is 2. The Morgan fingerprint density at radius 2 is 1.80 bits per heavy atom. The molecule has 6 heteroatoms. The molecule has 1 unspecified atom stereocenters. The minimum Gasteiger partial charge on any atom is -0.491 e. The lowest BCUT2D eigenvalue weighted by molar-refractivity contribution is -0.120. The molecular weight excluding hydrogens is 328 g/mol. The van der Waals surface area contributed by atoms with Crippen LogP contribution < -0.4 is 10.1 Å². The predicted octanol–water partition coefficient (Wildman–Crippen LogP) is 3.14. The third-order valence-corrected chi connectivity index (χ3v) is 3.48. The second kappa shape index (κ2) is 8.58. The Hall–Kier alpha value is -2.47. The molecule has 0 spiro atoms. The Morgan fingerprint density at radius 3 is 2.40 bits per heavy atom. The Kier molecular flexibility index (Phi) is 6.47. The van der Waals surface area contributed by atoms with Crippen LogP contribution in [0.25, 0.3) is 0 Å². The standard InChI is InChI=1S/C19H21F2NO3/c1-12(2)25-15-6-4-14(5-7-15)18(23)11-22-19(24)10-13-3-8-16(20)17(21)9-13/h3-9,12,18,23H,10-11H2,1-2H3,(H,22,24). The lowest BCUT2D eigenvalue weighted by Gasteiger charge is -2.14. The third-order valence-electron chi connectivity index (χ3n) is 3.48. The number of hydrogen-bond acceptors (Lipinski definition) is 3. The van der Waals surface area contributed by atoms with Crippen LogP contribution >= 0.6 is 0 Å². The zero-order valence-corrected chi connectivity index (χ0v) is 14.1. The van der Waals surface area contributed by atoms with Crippen molar-refractivity contribution >= 4 is 5.91 Å². The topological polar surface area (TPSA) is 58.6 Å². The van der Waals surface area contributed by atoms with Crippen LogP contribution in [0.15, 0.2) is 42.5 Å². The van der Waals surface area contributed by atoms with E-state index in [0.29, 0.717) is 16.9 Å². The van der Waals surface area contributed by atoms with E-state index in [9.17, 15) is 18.7 Å². The highest BCUT2D eigenvalue weighted by Crippen LogP contribution is 2.18. The molecular formula is C19H21F2NO3. The highest BCUT2D eigenvalue weighted by atomic mass is 19.2. The Labute approximate surface area is 145 Å². The monoisotopic (exact) mass is 349 g/mol.